The van der Waals surface area contributed by atoms with Gasteiger partial charge in [0.25, 0.3) is 0 Å². The van der Waals surface area contributed by atoms with Gasteiger partial charge in [-0.15, -0.1) is 0 Å². The molecule has 3 rings (SSSR count). The SMILES string of the molecule is C1=C(Cc2ccc3ccccc3n2)CCNC1. The van der Waals surface area contributed by atoms with Crippen LogP contribution in [0.1, 0.15) is 12.1 Å². The van der Waals surface area contributed by atoms with Crippen LogP contribution >= 0.6 is 0 Å². The summed E-state index contributed by atoms with van der Waals surface area (Å²) in [4.78, 5) is 4.71. The lowest BCUT2D eigenvalue weighted by atomic mass is 10.0. The fraction of sp³-hybridized carbons (Fsp3) is 0.267. The maximum absolute atomic E-state index is 4.71. The Morgan fingerprint density at radius 2 is 2.06 bits per heavy atom. The third-order valence-electron chi connectivity index (χ3n) is 3.22. The van der Waals surface area contributed by atoms with Gasteiger partial charge in [-0.05, 0) is 25.1 Å². The van der Waals surface area contributed by atoms with Crippen LogP contribution in [-0.4, -0.2) is 18.1 Å². The van der Waals surface area contributed by atoms with E-state index >= 15 is 0 Å². The summed E-state index contributed by atoms with van der Waals surface area (Å²) in [5, 5.41) is 4.55. The van der Waals surface area contributed by atoms with Crippen LogP contribution in [0, 0.1) is 0 Å². The minimum absolute atomic E-state index is 0.993. The summed E-state index contributed by atoms with van der Waals surface area (Å²) >= 11 is 0. The summed E-state index contributed by atoms with van der Waals surface area (Å²) in [5.41, 5.74) is 3.78. The van der Waals surface area contributed by atoms with Gasteiger partial charge in [0.15, 0.2) is 0 Å². The van der Waals surface area contributed by atoms with E-state index in [0.29, 0.717) is 0 Å². The summed E-state index contributed by atoms with van der Waals surface area (Å²) < 4.78 is 0. The number of benzene rings is 1. The molecule has 2 heteroatoms. The Hall–Kier alpha value is -1.67. The number of pyridine rings is 1. The average molecular weight is 224 g/mol. The van der Waals surface area contributed by atoms with E-state index in [0.717, 1.165) is 31.4 Å². The summed E-state index contributed by atoms with van der Waals surface area (Å²) in [6.07, 6.45) is 4.43. The Bertz CT molecular complexity index is 558. The Balaban J connectivity index is 1.87. The lowest BCUT2D eigenvalue weighted by Crippen LogP contribution is -2.21. The smallest absolute Gasteiger partial charge is 0.0705 e. The second-order valence-corrected chi connectivity index (χ2v) is 4.49. The first kappa shape index (κ1) is 10.5. The van der Waals surface area contributed by atoms with Crippen LogP contribution in [0.4, 0.5) is 0 Å². The molecule has 0 fully saturated rings. The Morgan fingerprint density at radius 1 is 1.12 bits per heavy atom. The third kappa shape index (κ3) is 2.37. The number of nitrogens with zero attached hydrogens (tertiary/aromatic N) is 1. The van der Waals surface area contributed by atoms with Crippen molar-refractivity contribution in [2.24, 2.45) is 0 Å². The highest BCUT2D eigenvalue weighted by Gasteiger charge is 2.05. The van der Waals surface area contributed by atoms with Gasteiger partial charge in [-0.2, -0.15) is 0 Å². The van der Waals surface area contributed by atoms with E-state index in [1.54, 1.807) is 0 Å². The molecule has 0 atom stereocenters. The van der Waals surface area contributed by atoms with Crippen molar-refractivity contribution in [1.82, 2.24) is 10.3 Å². The Kier molecular flexibility index (Phi) is 2.88. The predicted octanol–water partition coefficient (Wildman–Crippen LogP) is 2.70. The van der Waals surface area contributed by atoms with Gasteiger partial charge >= 0.3 is 0 Å². The number of para-hydroxylation sites is 1. The molecule has 0 aliphatic carbocycles. The van der Waals surface area contributed by atoms with Gasteiger partial charge in [0.1, 0.15) is 0 Å². The van der Waals surface area contributed by atoms with E-state index in [4.69, 9.17) is 4.98 Å². The zero-order chi connectivity index (χ0) is 11.5. The molecule has 1 aliphatic heterocycles. The second kappa shape index (κ2) is 4.68. The molecule has 0 amide bonds. The van der Waals surface area contributed by atoms with Crippen molar-refractivity contribution in [1.29, 1.82) is 0 Å². The molecule has 0 saturated heterocycles. The molecule has 0 bridgehead atoms. The molecule has 0 saturated carbocycles. The zero-order valence-electron chi connectivity index (χ0n) is 9.82. The van der Waals surface area contributed by atoms with Gasteiger partial charge in [-0.3, -0.25) is 4.98 Å². The standard InChI is InChI=1S/C15H16N2/c1-2-4-15-13(3-1)5-6-14(17-15)11-12-7-9-16-10-8-12/h1-7,16H,8-11H2. The van der Waals surface area contributed by atoms with Gasteiger partial charge in [0.05, 0.1) is 5.52 Å². The summed E-state index contributed by atoms with van der Waals surface area (Å²) in [5.74, 6) is 0. The van der Waals surface area contributed by atoms with Crippen LogP contribution in [0.25, 0.3) is 10.9 Å². The monoisotopic (exact) mass is 224 g/mol. The molecule has 0 spiro atoms. The van der Waals surface area contributed by atoms with Crippen LogP contribution in [0.2, 0.25) is 0 Å². The van der Waals surface area contributed by atoms with Crippen molar-refractivity contribution in [3.63, 3.8) is 0 Å². The number of aromatic nitrogens is 1. The fourth-order valence-electron chi connectivity index (χ4n) is 2.27. The first-order valence-electron chi connectivity index (χ1n) is 6.15. The second-order valence-electron chi connectivity index (χ2n) is 4.49. The highest BCUT2D eigenvalue weighted by Crippen LogP contribution is 2.16. The van der Waals surface area contributed by atoms with Gasteiger partial charge in [0, 0.05) is 24.0 Å². The molecule has 2 nitrogen and oxygen atoms in total. The number of rotatable bonds is 2. The fourth-order valence-corrected chi connectivity index (χ4v) is 2.27. The van der Waals surface area contributed by atoms with Crippen LogP contribution < -0.4 is 5.32 Å². The average Bonchev–Trinajstić information content (AvgIpc) is 2.40. The minimum Gasteiger partial charge on any atom is -0.313 e. The maximum Gasteiger partial charge on any atom is 0.0705 e. The van der Waals surface area contributed by atoms with Gasteiger partial charge in [0.2, 0.25) is 0 Å². The molecule has 2 heterocycles. The third-order valence-corrected chi connectivity index (χ3v) is 3.22. The maximum atomic E-state index is 4.71. The molecule has 0 unspecified atom stereocenters. The quantitative estimate of drug-likeness (QED) is 0.793. The zero-order valence-corrected chi connectivity index (χ0v) is 9.82. The Labute approximate surface area is 101 Å². The van der Waals surface area contributed by atoms with Crippen molar-refractivity contribution >= 4 is 10.9 Å². The molecule has 1 aromatic carbocycles. The van der Waals surface area contributed by atoms with Crippen molar-refractivity contribution < 1.29 is 0 Å². The van der Waals surface area contributed by atoms with Gasteiger partial charge in [-0.25, -0.2) is 0 Å². The van der Waals surface area contributed by atoms with Crippen molar-refractivity contribution in [2.45, 2.75) is 12.8 Å². The number of hydrogen-bond donors (Lipinski definition) is 1. The lowest BCUT2D eigenvalue weighted by molar-refractivity contribution is 0.690. The minimum atomic E-state index is 0.993. The topological polar surface area (TPSA) is 24.9 Å². The summed E-state index contributed by atoms with van der Waals surface area (Å²) in [7, 11) is 0. The van der Waals surface area contributed by atoms with Gasteiger partial charge in [-0.1, -0.05) is 35.9 Å². The number of hydrogen-bond acceptors (Lipinski definition) is 2. The molecule has 1 N–H and O–H groups in total. The number of fused-ring (bicyclic) bond motifs is 1. The largest absolute Gasteiger partial charge is 0.313 e. The Morgan fingerprint density at radius 3 is 2.94 bits per heavy atom. The van der Waals surface area contributed by atoms with Crippen LogP contribution in [-0.2, 0) is 6.42 Å². The molecular formula is C15H16N2. The van der Waals surface area contributed by atoms with Crippen molar-refractivity contribution in [2.75, 3.05) is 13.1 Å². The first-order chi connectivity index (χ1) is 8.42. The van der Waals surface area contributed by atoms with E-state index in [1.165, 1.54) is 16.7 Å². The van der Waals surface area contributed by atoms with Crippen LogP contribution in [0.15, 0.2) is 48.0 Å². The number of nitrogens with one attached hydrogen (secondary N) is 1. The van der Waals surface area contributed by atoms with Crippen LogP contribution in [0.3, 0.4) is 0 Å². The van der Waals surface area contributed by atoms with Crippen molar-refractivity contribution in [3.8, 4) is 0 Å². The van der Waals surface area contributed by atoms with E-state index in [2.05, 4.69) is 41.7 Å². The first-order valence-corrected chi connectivity index (χ1v) is 6.15. The molecule has 1 aliphatic rings. The van der Waals surface area contributed by atoms with Crippen LogP contribution in [0.5, 0.6) is 0 Å². The molecular weight excluding hydrogens is 208 g/mol. The molecule has 2 aromatic rings. The van der Waals surface area contributed by atoms with E-state index in [-0.39, 0.29) is 0 Å². The summed E-state index contributed by atoms with van der Waals surface area (Å²) in [6, 6.07) is 12.6. The lowest BCUT2D eigenvalue weighted by Gasteiger charge is -2.13. The summed E-state index contributed by atoms with van der Waals surface area (Å²) in [6.45, 7) is 2.10. The molecule has 0 radical (unpaired) electrons. The molecule has 1 aromatic heterocycles. The predicted molar refractivity (Wildman–Crippen MR) is 71.0 cm³/mol. The van der Waals surface area contributed by atoms with Crippen molar-refractivity contribution in [3.05, 3.63) is 53.7 Å². The normalized spacial score (nSPS) is 15.9. The van der Waals surface area contributed by atoms with E-state index in [9.17, 15) is 0 Å². The highest BCUT2D eigenvalue weighted by atomic mass is 14.8. The highest BCUT2D eigenvalue weighted by molar-refractivity contribution is 5.78. The molecule has 17 heavy (non-hydrogen) atoms. The van der Waals surface area contributed by atoms with E-state index in [1.807, 2.05) is 6.07 Å². The van der Waals surface area contributed by atoms with Gasteiger partial charge < -0.3 is 5.32 Å². The molecule has 86 valence electrons. The van der Waals surface area contributed by atoms with E-state index < -0.39 is 0 Å².